The maximum absolute atomic E-state index is 13.2. The first-order chi connectivity index (χ1) is 15.3. The van der Waals surface area contributed by atoms with E-state index in [1.165, 1.54) is 26.2 Å². The highest BCUT2D eigenvalue weighted by Gasteiger charge is 2.34. The number of rotatable bonds is 3. The minimum atomic E-state index is -3.80. The van der Waals surface area contributed by atoms with Crippen molar-refractivity contribution in [2.45, 2.75) is 11.8 Å². The third-order valence-corrected chi connectivity index (χ3v) is 8.03. The van der Waals surface area contributed by atoms with Gasteiger partial charge in [-0.1, -0.05) is 6.07 Å². The van der Waals surface area contributed by atoms with E-state index < -0.39 is 10.0 Å². The molecule has 0 unspecified atom stereocenters. The van der Waals surface area contributed by atoms with Gasteiger partial charge < -0.3 is 13.9 Å². The largest absolute Gasteiger partial charge is 0.442 e. The van der Waals surface area contributed by atoms with E-state index in [0.29, 0.717) is 16.8 Å². The molecule has 1 aliphatic rings. The number of sulfonamides is 1. The number of hydrogen-bond acceptors (Lipinski definition) is 9. The molecule has 11 nitrogen and oxygen atoms in total. The number of carbonyl (C=O) groups is 1. The van der Waals surface area contributed by atoms with Gasteiger partial charge in [0.2, 0.25) is 15.7 Å². The molecule has 0 atom stereocenters. The summed E-state index contributed by atoms with van der Waals surface area (Å²) in [5.41, 5.74) is 0.784. The number of aryl methyl sites for hydroxylation is 2. The topological polar surface area (TPSA) is 131 Å². The summed E-state index contributed by atoms with van der Waals surface area (Å²) in [6.45, 7) is 2.20. The summed E-state index contributed by atoms with van der Waals surface area (Å²) >= 11 is 0.960. The Labute approximate surface area is 186 Å². The van der Waals surface area contributed by atoms with Crippen LogP contribution in [0.3, 0.4) is 0 Å². The summed E-state index contributed by atoms with van der Waals surface area (Å²) in [5.74, 6) is -0.0761. The van der Waals surface area contributed by atoms with E-state index in [4.69, 9.17) is 4.42 Å². The summed E-state index contributed by atoms with van der Waals surface area (Å²) < 4.78 is 42.8. The second-order valence-corrected chi connectivity index (χ2v) is 9.89. The Morgan fingerprint density at radius 1 is 1.16 bits per heavy atom. The van der Waals surface area contributed by atoms with Gasteiger partial charge >= 0.3 is 0 Å². The van der Waals surface area contributed by atoms with Crippen LogP contribution in [-0.4, -0.2) is 68.0 Å². The van der Waals surface area contributed by atoms with Crippen LogP contribution in [0.4, 0.5) is 0 Å². The minimum Gasteiger partial charge on any atom is -0.442 e. The Kier molecular flexibility index (Phi) is 4.83. The van der Waals surface area contributed by atoms with Gasteiger partial charge in [-0.25, -0.2) is 13.4 Å². The van der Waals surface area contributed by atoms with Crippen molar-refractivity contribution in [2.75, 3.05) is 26.2 Å². The van der Waals surface area contributed by atoms with E-state index in [1.54, 1.807) is 26.1 Å². The normalized spacial score (nSPS) is 15.6. The fourth-order valence-electron chi connectivity index (χ4n) is 3.86. The summed E-state index contributed by atoms with van der Waals surface area (Å²) in [5, 5.41) is 0.135. The monoisotopic (exact) mass is 474 g/mol. The van der Waals surface area contributed by atoms with Crippen molar-refractivity contribution in [2.24, 2.45) is 7.05 Å². The van der Waals surface area contributed by atoms with Crippen LogP contribution >= 0.6 is 11.7 Å². The third-order valence-electron chi connectivity index (χ3n) is 5.55. The number of hydrogen-bond donors (Lipinski definition) is 0. The van der Waals surface area contributed by atoms with Crippen LogP contribution < -0.4 is 5.56 Å². The quantitative estimate of drug-likeness (QED) is 0.429. The molecule has 0 spiro atoms. The SMILES string of the molecule is Cc1oc2ncn(C)c(=O)c2c1C(=O)N1CCN(S(=O)(=O)c2cccc3nsnc23)CC1. The van der Waals surface area contributed by atoms with Crippen molar-refractivity contribution >= 4 is 49.8 Å². The maximum atomic E-state index is 13.2. The molecule has 32 heavy (non-hydrogen) atoms. The first kappa shape index (κ1) is 20.7. The van der Waals surface area contributed by atoms with Gasteiger partial charge in [-0.05, 0) is 19.1 Å². The number of fused-ring (bicyclic) bond motifs is 2. The van der Waals surface area contributed by atoms with E-state index in [1.807, 2.05) is 0 Å². The number of amides is 1. The minimum absolute atomic E-state index is 0.106. The molecule has 13 heteroatoms. The van der Waals surface area contributed by atoms with Gasteiger partial charge in [-0.2, -0.15) is 13.1 Å². The summed E-state index contributed by atoms with van der Waals surface area (Å²) in [6, 6.07) is 4.86. The van der Waals surface area contributed by atoms with Crippen molar-refractivity contribution in [1.82, 2.24) is 27.5 Å². The van der Waals surface area contributed by atoms with Gasteiger partial charge in [-0.3, -0.25) is 9.59 Å². The van der Waals surface area contributed by atoms with Crippen molar-refractivity contribution in [1.29, 1.82) is 0 Å². The van der Waals surface area contributed by atoms with Gasteiger partial charge in [0, 0.05) is 33.2 Å². The molecule has 4 aromatic rings. The van der Waals surface area contributed by atoms with Gasteiger partial charge in [0.05, 0.1) is 17.3 Å². The fourth-order valence-corrected chi connectivity index (χ4v) is 6.04. The Morgan fingerprint density at radius 3 is 2.66 bits per heavy atom. The van der Waals surface area contributed by atoms with E-state index in [0.717, 1.165) is 11.7 Å². The zero-order valence-corrected chi connectivity index (χ0v) is 18.8. The molecule has 1 fully saturated rings. The zero-order chi connectivity index (χ0) is 22.6. The highest BCUT2D eigenvalue weighted by atomic mass is 32.2. The molecule has 4 heterocycles. The van der Waals surface area contributed by atoms with Crippen LogP contribution in [0.25, 0.3) is 22.1 Å². The molecule has 1 amide bonds. The number of aromatic nitrogens is 4. The molecule has 0 N–H and O–H groups in total. The molecular formula is C19H18N6O5S2. The van der Waals surface area contributed by atoms with E-state index >= 15 is 0 Å². The molecular weight excluding hydrogens is 456 g/mol. The lowest BCUT2D eigenvalue weighted by molar-refractivity contribution is 0.0697. The van der Waals surface area contributed by atoms with Crippen LogP contribution in [0.1, 0.15) is 16.1 Å². The molecule has 0 aliphatic carbocycles. The Bertz CT molecular complexity index is 1530. The fraction of sp³-hybridized carbons (Fsp3) is 0.316. The highest BCUT2D eigenvalue weighted by molar-refractivity contribution is 7.89. The van der Waals surface area contributed by atoms with Gasteiger partial charge in [0.1, 0.15) is 33.4 Å². The van der Waals surface area contributed by atoms with Gasteiger partial charge in [-0.15, -0.1) is 0 Å². The van der Waals surface area contributed by atoms with Crippen molar-refractivity contribution in [3.05, 3.63) is 46.2 Å². The average molecular weight is 475 g/mol. The van der Waals surface area contributed by atoms with Crippen LogP contribution in [-0.2, 0) is 17.1 Å². The lowest BCUT2D eigenvalue weighted by Gasteiger charge is -2.34. The number of furan rings is 1. The summed E-state index contributed by atoms with van der Waals surface area (Å²) in [4.78, 5) is 31.5. The maximum Gasteiger partial charge on any atom is 0.265 e. The number of carbonyl (C=O) groups excluding carboxylic acids is 1. The molecule has 0 saturated carbocycles. The number of nitrogens with zero attached hydrogens (tertiary/aromatic N) is 6. The Morgan fingerprint density at radius 2 is 1.91 bits per heavy atom. The molecule has 1 aromatic carbocycles. The van der Waals surface area contributed by atoms with Gasteiger partial charge in [0.15, 0.2) is 0 Å². The van der Waals surface area contributed by atoms with Crippen LogP contribution in [0, 0.1) is 6.92 Å². The Hall–Kier alpha value is -3.16. The smallest absolute Gasteiger partial charge is 0.265 e. The van der Waals surface area contributed by atoms with Crippen LogP contribution in [0.5, 0.6) is 0 Å². The van der Waals surface area contributed by atoms with Crippen molar-refractivity contribution in [3.63, 3.8) is 0 Å². The lowest BCUT2D eigenvalue weighted by Crippen LogP contribution is -2.50. The molecule has 3 aromatic heterocycles. The summed E-state index contributed by atoms with van der Waals surface area (Å²) in [7, 11) is -2.25. The molecule has 0 bridgehead atoms. The second-order valence-electron chi connectivity index (χ2n) is 7.46. The first-order valence-corrected chi connectivity index (χ1v) is 11.9. The summed E-state index contributed by atoms with van der Waals surface area (Å²) in [6.07, 6.45) is 1.34. The first-order valence-electron chi connectivity index (χ1n) is 9.74. The second kappa shape index (κ2) is 7.46. The average Bonchev–Trinajstić information content (AvgIpc) is 3.40. The van der Waals surface area contributed by atoms with E-state index in [9.17, 15) is 18.0 Å². The zero-order valence-electron chi connectivity index (χ0n) is 17.2. The molecule has 0 radical (unpaired) electrons. The number of piperazine rings is 1. The number of benzene rings is 1. The standard InChI is InChI=1S/C19H18N6O5S2/c1-11-14(15-17(30-11)20-10-23(2)18(15)26)19(27)24-6-8-25(9-7-24)32(28,29)13-5-3-4-12-16(13)22-31-21-12/h3-5,10H,6-9H2,1-2H3. The molecule has 5 rings (SSSR count). The third kappa shape index (κ3) is 3.12. The van der Waals surface area contributed by atoms with E-state index in [2.05, 4.69) is 13.7 Å². The molecule has 1 saturated heterocycles. The predicted octanol–water partition coefficient (Wildman–Crippen LogP) is 0.986. The molecule has 1 aliphatic heterocycles. The lowest BCUT2D eigenvalue weighted by atomic mass is 10.1. The highest BCUT2D eigenvalue weighted by Crippen LogP contribution is 2.27. The van der Waals surface area contributed by atoms with Crippen molar-refractivity contribution in [3.8, 4) is 0 Å². The van der Waals surface area contributed by atoms with Gasteiger partial charge in [0.25, 0.3) is 11.5 Å². The Balaban J connectivity index is 1.41. The van der Waals surface area contributed by atoms with E-state index in [-0.39, 0.29) is 59.2 Å². The van der Waals surface area contributed by atoms with Crippen LogP contribution in [0.15, 0.2) is 38.6 Å². The van der Waals surface area contributed by atoms with Crippen LogP contribution in [0.2, 0.25) is 0 Å². The van der Waals surface area contributed by atoms with Crippen molar-refractivity contribution < 1.29 is 17.6 Å². The molecule has 166 valence electrons. The predicted molar refractivity (Wildman–Crippen MR) is 116 cm³/mol.